The number of halogens is 1. The minimum absolute atomic E-state index is 0.103. The molecule has 4 rings (SSSR count). The first-order valence-corrected chi connectivity index (χ1v) is 7.94. The van der Waals surface area contributed by atoms with E-state index in [0.717, 1.165) is 16.8 Å². The Kier molecular flexibility index (Phi) is 3.93. The third-order valence-electron chi connectivity index (χ3n) is 4.19. The molecule has 0 fully saturated rings. The van der Waals surface area contributed by atoms with Crippen molar-refractivity contribution >= 4 is 12.0 Å². The van der Waals surface area contributed by atoms with E-state index in [0.29, 0.717) is 31.0 Å². The van der Waals surface area contributed by atoms with Gasteiger partial charge in [-0.2, -0.15) is 0 Å². The Balaban J connectivity index is 1.55. The largest absolute Gasteiger partial charge is 0.465 e. The summed E-state index contributed by atoms with van der Waals surface area (Å²) in [6.45, 7) is 0.983. The molecule has 1 amide bonds. The van der Waals surface area contributed by atoms with Crippen molar-refractivity contribution in [2.75, 3.05) is 6.54 Å². The van der Waals surface area contributed by atoms with Crippen molar-refractivity contribution in [3.63, 3.8) is 0 Å². The van der Waals surface area contributed by atoms with E-state index in [-0.39, 0.29) is 11.7 Å². The summed E-state index contributed by atoms with van der Waals surface area (Å²) in [5.41, 5.74) is 2.46. The summed E-state index contributed by atoms with van der Waals surface area (Å²) in [5, 5.41) is 4.10. The Morgan fingerprint density at radius 3 is 2.84 bits per heavy atom. The molecular formula is C19H15FN2O3. The summed E-state index contributed by atoms with van der Waals surface area (Å²) in [4.78, 5) is 14.1. The van der Waals surface area contributed by atoms with Gasteiger partial charge in [-0.25, -0.2) is 4.39 Å². The maximum absolute atomic E-state index is 13.1. The summed E-state index contributed by atoms with van der Waals surface area (Å²) in [5.74, 6) is 0.802. The number of aromatic nitrogens is 1. The molecule has 0 aliphatic carbocycles. The zero-order valence-corrected chi connectivity index (χ0v) is 13.3. The molecule has 6 heteroatoms. The average molecular weight is 338 g/mol. The normalized spacial score (nSPS) is 14.0. The van der Waals surface area contributed by atoms with Crippen LogP contribution < -0.4 is 0 Å². The fourth-order valence-electron chi connectivity index (χ4n) is 2.87. The summed E-state index contributed by atoms with van der Waals surface area (Å²) in [6.07, 6.45) is 5.32. The zero-order valence-electron chi connectivity index (χ0n) is 13.3. The zero-order chi connectivity index (χ0) is 17.2. The maximum atomic E-state index is 13.1. The lowest BCUT2D eigenvalue weighted by Gasteiger charge is -2.25. The van der Waals surface area contributed by atoms with Crippen LogP contribution in [-0.2, 0) is 17.8 Å². The van der Waals surface area contributed by atoms with E-state index in [1.165, 1.54) is 18.2 Å². The summed E-state index contributed by atoms with van der Waals surface area (Å²) >= 11 is 0. The molecular weight excluding hydrogens is 323 g/mol. The Hall–Kier alpha value is -3.15. The number of carbonyl (C=O) groups excluding carboxylic acids is 1. The van der Waals surface area contributed by atoms with Gasteiger partial charge in [-0.3, -0.25) is 4.79 Å². The van der Waals surface area contributed by atoms with E-state index in [9.17, 15) is 9.18 Å². The first kappa shape index (κ1) is 15.4. The molecule has 0 bridgehead atoms. The molecule has 1 aliphatic rings. The molecule has 3 heterocycles. The molecule has 5 nitrogen and oxygen atoms in total. The lowest BCUT2D eigenvalue weighted by Crippen LogP contribution is -2.34. The van der Waals surface area contributed by atoms with Gasteiger partial charge in [0.25, 0.3) is 0 Å². The molecule has 0 spiro atoms. The minimum Gasteiger partial charge on any atom is -0.465 e. The molecule has 1 aromatic carbocycles. The first-order chi connectivity index (χ1) is 12.2. The highest BCUT2D eigenvalue weighted by Gasteiger charge is 2.26. The number of benzene rings is 1. The van der Waals surface area contributed by atoms with E-state index in [1.807, 2.05) is 0 Å². The highest BCUT2D eigenvalue weighted by atomic mass is 19.1. The van der Waals surface area contributed by atoms with Gasteiger partial charge in [-0.1, -0.05) is 5.16 Å². The van der Waals surface area contributed by atoms with Crippen LogP contribution in [0.5, 0.6) is 0 Å². The SMILES string of the molecule is O=C(/C=C/c1ccco1)N1CCc2noc(-c3ccc(F)cc3)c2C1. The maximum Gasteiger partial charge on any atom is 0.247 e. The van der Waals surface area contributed by atoms with Crippen LogP contribution in [-0.4, -0.2) is 22.5 Å². The van der Waals surface area contributed by atoms with E-state index < -0.39 is 0 Å². The van der Waals surface area contributed by atoms with Gasteiger partial charge < -0.3 is 13.8 Å². The molecule has 3 aromatic rings. The number of furan rings is 1. The predicted molar refractivity (Wildman–Crippen MR) is 88.8 cm³/mol. The molecule has 0 saturated carbocycles. The van der Waals surface area contributed by atoms with Crippen LogP contribution >= 0.6 is 0 Å². The Bertz CT molecular complexity index is 911. The number of fused-ring (bicyclic) bond motifs is 1. The lowest BCUT2D eigenvalue weighted by molar-refractivity contribution is -0.126. The second-order valence-electron chi connectivity index (χ2n) is 5.80. The van der Waals surface area contributed by atoms with Crippen molar-refractivity contribution in [1.82, 2.24) is 10.1 Å². The van der Waals surface area contributed by atoms with Crippen LogP contribution in [0.15, 0.2) is 57.7 Å². The lowest BCUT2D eigenvalue weighted by atomic mass is 10.0. The number of hydrogen-bond acceptors (Lipinski definition) is 4. The first-order valence-electron chi connectivity index (χ1n) is 7.94. The van der Waals surface area contributed by atoms with Crippen LogP contribution in [0, 0.1) is 5.82 Å². The van der Waals surface area contributed by atoms with Crippen LogP contribution in [0.4, 0.5) is 4.39 Å². The predicted octanol–water partition coefficient (Wildman–Crippen LogP) is 3.67. The Labute approximate surface area is 143 Å². The molecule has 0 unspecified atom stereocenters. The third-order valence-corrected chi connectivity index (χ3v) is 4.19. The van der Waals surface area contributed by atoms with Gasteiger partial charge in [0.2, 0.25) is 5.91 Å². The molecule has 126 valence electrons. The van der Waals surface area contributed by atoms with E-state index >= 15 is 0 Å². The summed E-state index contributed by atoms with van der Waals surface area (Å²) in [6, 6.07) is 9.60. The van der Waals surface area contributed by atoms with Crippen molar-refractivity contribution in [1.29, 1.82) is 0 Å². The van der Waals surface area contributed by atoms with Gasteiger partial charge in [0.05, 0.1) is 18.5 Å². The van der Waals surface area contributed by atoms with Crippen molar-refractivity contribution < 1.29 is 18.1 Å². The van der Waals surface area contributed by atoms with Crippen molar-refractivity contribution in [3.8, 4) is 11.3 Å². The number of hydrogen-bond donors (Lipinski definition) is 0. The smallest absolute Gasteiger partial charge is 0.247 e. The van der Waals surface area contributed by atoms with Gasteiger partial charge in [0.15, 0.2) is 5.76 Å². The van der Waals surface area contributed by atoms with Gasteiger partial charge in [0, 0.05) is 30.2 Å². The third kappa shape index (κ3) is 3.10. The number of carbonyl (C=O) groups is 1. The van der Waals surface area contributed by atoms with Gasteiger partial charge in [-0.05, 0) is 42.5 Å². The van der Waals surface area contributed by atoms with E-state index in [2.05, 4.69) is 5.16 Å². The number of rotatable bonds is 3. The fourth-order valence-corrected chi connectivity index (χ4v) is 2.87. The highest BCUT2D eigenvalue weighted by Crippen LogP contribution is 2.30. The van der Waals surface area contributed by atoms with E-state index in [1.54, 1.807) is 41.5 Å². The number of amides is 1. The second-order valence-corrected chi connectivity index (χ2v) is 5.80. The quantitative estimate of drug-likeness (QED) is 0.684. The van der Waals surface area contributed by atoms with Crippen LogP contribution in [0.2, 0.25) is 0 Å². The van der Waals surface area contributed by atoms with Crippen LogP contribution in [0.3, 0.4) is 0 Å². The monoisotopic (exact) mass is 338 g/mol. The van der Waals surface area contributed by atoms with Gasteiger partial charge >= 0.3 is 0 Å². The van der Waals surface area contributed by atoms with Crippen LogP contribution in [0.1, 0.15) is 17.0 Å². The molecule has 2 aromatic heterocycles. The van der Waals surface area contributed by atoms with Crippen LogP contribution in [0.25, 0.3) is 17.4 Å². The van der Waals surface area contributed by atoms with Crippen molar-refractivity contribution in [3.05, 3.63) is 71.6 Å². The second kappa shape index (κ2) is 6.39. The molecule has 25 heavy (non-hydrogen) atoms. The highest BCUT2D eigenvalue weighted by molar-refractivity contribution is 5.91. The molecule has 0 saturated heterocycles. The summed E-state index contributed by atoms with van der Waals surface area (Å²) < 4.78 is 23.8. The van der Waals surface area contributed by atoms with Crippen molar-refractivity contribution in [2.45, 2.75) is 13.0 Å². The molecule has 0 atom stereocenters. The van der Waals surface area contributed by atoms with Gasteiger partial charge in [0.1, 0.15) is 11.6 Å². The standard InChI is InChI=1S/C19H15FN2O3/c20-14-5-3-13(4-6-14)19-16-12-22(10-9-17(16)21-25-19)18(23)8-7-15-2-1-11-24-15/h1-8,11H,9-10,12H2/b8-7+. The molecule has 0 N–H and O–H groups in total. The Morgan fingerprint density at radius 2 is 2.08 bits per heavy atom. The minimum atomic E-state index is -0.308. The molecule has 1 aliphatic heterocycles. The average Bonchev–Trinajstić information content (AvgIpc) is 3.29. The fraction of sp³-hybridized carbons (Fsp3) is 0.158. The molecule has 0 radical (unpaired) electrons. The number of nitrogens with zero attached hydrogens (tertiary/aromatic N) is 2. The summed E-state index contributed by atoms with van der Waals surface area (Å²) in [7, 11) is 0. The topological polar surface area (TPSA) is 59.5 Å². The van der Waals surface area contributed by atoms with E-state index in [4.69, 9.17) is 8.94 Å². The van der Waals surface area contributed by atoms with Crippen molar-refractivity contribution in [2.24, 2.45) is 0 Å². The Morgan fingerprint density at radius 1 is 1.24 bits per heavy atom. The van der Waals surface area contributed by atoms with Gasteiger partial charge in [-0.15, -0.1) is 0 Å².